The largest absolute Gasteiger partial charge is 0.469 e. The minimum Gasteiger partial charge on any atom is -0.469 e. The highest BCUT2D eigenvalue weighted by Gasteiger charge is 2.22. The fourth-order valence-electron chi connectivity index (χ4n) is 3.21. The molecule has 2 aromatic carbocycles. The first-order valence-electron chi connectivity index (χ1n) is 7.33. The van der Waals surface area contributed by atoms with Crippen molar-refractivity contribution in [1.29, 1.82) is 0 Å². The summed E-state index contributed by atoms with van der Waals surface area (Å²) in [6.07, 6.45) is 5.19. The molecule has 3 aromatic rings. The molecule has 1 aromatic heterocycles. The van der Waals surface area contributed by atoms with Crippen LogP contribution in [-0.4, -0.2) is 0 Å². The lowest BCUT2D eigenvalue weighted by Gasteiger charge is -2.24. The van der Waals surface area contributed by atoms with Crippen LogP contribution in [0.5, 0.6) is 0 Å². The number of benzene rings is 2. The monoisotopic (exact) mass is 341 g/mol. The van der Waals surface area contributed by atoms with Crippen molar-refractivity contribution in [2.75, 3.05) is 5.32 Å². The Morgan fingerprint density at radius 1 is 1.05 bits per heavy atom. The van der Waals surface area contributed by atoms with Crippen molar-refractivity contribution in [1.82, 2.24) is 0 Å². The van der Waals surface area contributed by atoms with Gasteiger partial charge in [0, 0.05) is 27.5 Å². The number of aryl methyl sites for hydroxylation is 1. The zero-order valence-corrected chi connectivity index (χ0v) is 13.2. The van der Waals surface area contributed by atoms with Gasteiger partial charge in [-0.1, -0.05) is 40.2 Å². The van der Waals surface area contributed by atoms with Crippen LogP contribution in [0.4, 0.5) is 5.69 Å². The molecule has 0 saturated heterocycles. The van der Waals surface area contributed by atoms with Crippen molar-refractivity contribution in [2.45, 2.75) is 25.3 Å². The van der Waals surface area contributed by atoms with Gasteiger partial charge in [-0.05, 0) is 36.4 Å². The third kappa shape index (κ3) is 2.26. The Morgan fingerprint density at radius 3 is 2.81 bits per heavy atom. The quantitative estimate of drug-likeness (QED) is 0.648. The topological polar surface area (TPSA) is 25.2 Å². The normalized spacial score (nSPS) is 17.7. The van der Waals surface area contributed by atoms with E-state index in [1.54, 1.807) is 0 Å². The van der Waals surface area contributed by atoms with Crippen molar-refractivity contribution < 1.29 is 4.42 Å². The molecule has 21 heavy (non-hydrogen) atoms. The Bertz CT molecular complexity index is 793. The van der Waals surface area contributed by atoms with E-state index >= 15 is 0 Å². The Morgan fingerprint density at radius 2 is 1.90 bits per heavy atom. The van der Waals surface area contributed by atoms with E-state index in [1.165, 1.54) is 28.4 Å². The lowest BCUT2D eigenvalue weighted by Crippen LogP contribution is -2.16. The van der Waals surface area contributed by atoms with Crippen LogP contribution in [0, 0.1) is 0 Å². The summed E-state index contributed by atoms with van der Waals surface area (Å²) in [7, 11) is 0. The first-order valence-corrected chi connectivity index (χ1v) is 8.12. The molecule has 0 aliphatic heterocycles. The smallest absolute Gasteiger partial charge is 0.109 e. The second-order valence-electron chi connectivity index (χ2n) is 5.53. The second kappa shape index (κ2) is 5.23. The van der Waals surface area contributed by atoms with Gasteiger partial charge in [0.15, 0.2) is 0 Å². The predicted molar refractivity (Wildman–Crippen MR) is 89.7 cm³/mol. The van der Waals surface area contributed by atoms with Crippen LogP contribution < -0.4 is 5.32 Å². The molecule has 0 fully saturated rings. The third-order valence-electron chi connectivity index (χ3n) is 4.25. The van der Waals surface area contributed by atoms with Gasteiger partial charge < -0.3 is 9.73 Å². The molecule has 3 heteroatoms. The highest BCUT2D eigenvalue weighted by molar-refractivity contribution is 9.10. The number of fused-ring (bicyclic) bond motifs is 2. The number of hydrogen-bond acceptors (Lipinski definition) is 2. The second-order valence-corrected chi connectivity index (χ2v) is 6.38. The standard InChI is InChI=1S/C18H16BrNO/c19-15-8-9-17(13-5-2-1-4-12(13)15)20-16-6-3-7-18-14(16)10-11-21-18/h1-2,4-5,8-11,16,20H,3,6-7H2. The molecule has 1 atom stereocenters. The van der Waals surface area contributed by atoms with Crippen LogP contribution in [0.3, 0.4) is 0 Å². The average molecular weight is 342 g/mol. The Balaban J connectivity index is 1.75. The average Bonchev–Trinajstić information content (AvgIpc) is 3.00. The molecule has 0 saturated carbocycles. The van der Waals surface area contributed by atoms with Crippen molar-refractivity contribution in [2.24, 2.45) is 0 Å². The fourth-order valence-corrected chi connectivity index (χ4v) is 3.69. The minimum absolute atomic E-state index is 0.345. The van der Waals surface area contributed by atoms with Gasteiger partial charge in [-0.2, -0.15) is 0 Å². The van der Waals surface area contributed by atoms with Crippen LogP contribution >= 0.6 is 15.9 Å². The van der Waals surface area contributed by atoms with E-state index in [0.717, 1.165) is 23.1 Å². The van der Waals surface area contributed by atoms with Gasteiger partial charge >= 0.3 is 0 Å². The molecule has 1 aliphatic rings. The van der Waals surface area contributed by atoms with Crippen LogP contribution in [-0.2, 0) is 6.42 Å². The molecule has 0 bridgehead atoms. The lowest BCUT2D eigenvalue weighted by atomic mass is 9.93. The predicted octanol–water partition coefficient (Wildman–Crippen LogP) is 5.68. The van der Waals surface area contributed by atoms with Crippen molar-refractivity contribution in [3.05, 3.63) is 64.5 Å². The molecule has 0 spiro atoms. The molecule has 0 amide bonds. The van der Waals surface area contributed by atoms with Gasteiger partial charge in [-0.3, -0.25) is 0 Å². The van der Waals surface area contributed by atoms with Crippen LogP contribution in [0.25, 0.3) is 10.8 Å². The molecular weight excluding hydrogens is 326 g/mol. The van der Waals surface area contributed by atoms with Crippen LogP contribution in [0.1, 0.15) is 30.2 Å². The van der Waals surface area contributed by atoms with Crippen LogP contribution in [0.15, 0.2) is 57.6 Å². The van der Waals surface area contributed by atoms with E-state index in [-0.39, 0.29) is 0 Å². The van der Waals surface area contributed by atoms with Crippen molar-refractivity contribution in [3.8, 4) is 0 Å². The van der Waals surface area contributed by atoms with E-state index < -0.39 is 0 Å². The summed E-state index contributed by atoms with van der Waals surface area (Å²) in [6.45, 7) is 0. The van der Waals surface area contributed by atoms with E-state index in [1.807, 2.05) is 6.26 Å². The van der Waals surface area contributed by atoms with Gasteiger partial charge in [0.2, 0.25) is 0 Å². The minimum atomic E-state index is 0.345. The molecule has 2 nitrogen and oxygen atoms in total. The number of halogens is 1. The molecule has 4 rings (SSSR count). The summed E-state index contributed by atoms with van der Waals surface area (Å²) in [6, 6.07) is 15.2. The highest BCUT2D eigenvalue weighted by Crippen LogP contribution is 2.36. The number of nitrogens with one attached hydrogen (secondary N) is 1. The molecule has 1 aliphatic carbocycles. The Labute approximate surface area is 132 Å². The maximum Gasteiger partial charge on any atom is 0.109 e. The third-order valence-corrected chi connectivity index (χ3v) is 4.94. The number of hydrogen-bond donors (Lipinski definition) is 1. The SMILES string of the molecule is Brc1ccc(NC2CCCc3occc32)c2ccccc12. The molecule has 0 radical (unpaired) electrons. The van der Waals surface area contributed by atoms with Gasteiger partial charge in [0.05, 0.1) is 12.3 Å². The summed E-state index contributed by atoms with van der Waals surface area (Å²) in [5, 5.41) is 6.21. The first-order chi connectivity index (χ1) is 10.3. The van der Waals surface area contributed by atoms with E-state index in [4.69, 9.17) is 4.42 Å². The van der Waals surface area contributed by atoms with E-state index in [2.05, 4.69) is 63.7 Å². The summed E-state index contributed by atoms with van der Waals surface area (Å²) in [4.78, 5) is 0. The number of furan rings is 1. The van der Waals surface area contributed by atoms with Crippen molar-refractivity contribution in [3.63, 3.8) is 0 Å². The molecule has 1 unspecified atom stereocenters. The molecular formula is C18H16BrNO. The number of anilines is 1. The van der Waals surface area contributed by atoms with Crippen LogP contribution in [0.2, 0.25) is 0 Å². The number of rotatable bonds is 2. The lowest BCUT2D eigenvalue weighted by molar-refractivity contribution is 0.461. The Kier molecular flexibility index (Phi) is 3.23. The van der Waals surface area contributed by atoms with Gasteiger partial charge in [-0.15, -0.1) is 0 Å². The van der Waals surface area contributed by atoms with Crippen molar-refractivity contribution >= 4 is 32.4 Å². The van der Waals surface area contributed by atoms with Gasteiger partial charge in [-0.25, -0.2) is 0 Å². The van der Waals surface area contributed by atoms with Gasteiger partial charge in [0.25, 0.3) is 0 Å². The zero-order chi connectivity index (χ0) is 14.2. The highest BCUT2D eigenvalue weighted by atomic mass is 79.9. The maximum absolute atomic E-state index is 5.58. The first kappa shape index (κ1) is 13.0. The summed E-state index contributed by atoms with van der Waals surface area (Å²) in [5.74, 6) is 1.14. The molecule has 106 valence electrons. The zero-order valence-electron chi connectivity index (χ0n) is 11.6. The van der Waals surface area contributed by atoms with E-state index in [0.29, 0.717) is 6.04 Å². The molecule has 1 heterocycles. The van der Waals surface area contributed by atoms with Gasteiger partial charge in [0.1, 0.15) is 5.76 Å². The summed E-state index contributed by atoms with van der Waals surface area (Å²) < 4.78 is 6.72. The Hall–Kier alpha value is -1.74. The summed E-state index contributed by atoms with van der Waals surface area (Å²) in [5.41, 5.74) is 2.50. The maximum atomic E-state index is 5.58. The molecule has 1 N–H and O–H groups in total. The summed E-state index contributed by atoms with van der Waals surface area (Å²) >= 11 is 3.63. The fraction of sp³-hybridized carbons (Fsp3) is 0.222. The van der Waals surface area contributed by atoms with E-state index in [9.17, 15) is 0 Å².